The van der Waals surface area contributed by atoms with Crippen LogP contribution < -0.4 is 10.6 Å². The van der Waals surface area contributed by atoms with Crippen LogP contribution in [-0.4, -0.2) is 60.4 Å². The lowest BCUT2D eigenvalue weighted by Gasteiger charge is -2.25. The van der Waals surface area contributed by atoms with Gasteiger partial charge in [0.25, 0.3) is 0 Å². The smallest absolute Gasteiger partial charge is 0.303 e. The Kier molecular flexibility index (Phi) is 6.85. The van der Waals surface area contributed by atoms with Crippen molar-refractivity contribution >= 4 is 17.8 Å². The van der Waals surface area contributed by atoms with Crippen LogP contribution in [0.2, 0.25) is 0 Å². The molecule has 3 aliphatic rings. The second kappa shape index (κ2) is 9.34. The van der Waals surface area contributed by atoms with Crippen molar-refractivity contribution in [1.29, 1.82) is 0 Å². The van der Waals surface area contributed by atoms with Gasteiger partial charge in [-0.3, -0.25) is 14.4 Å². The first kappa shape index (κ1) is 20.5. The average molecular weight is 392 g/mol. The lowest BCUT2D eigenvalue weighted by Crippen LogP contribution is -2.43. The van der Waals surface area contributed by atoms with Crippen LogP contribution in [0.4, 0.5) is 0 Å². The third-order valence-electron chi connectivity index (χ3n) is 5.53. The summed E-state index contributed by atoms with van der Waals surface area (Å²) in [5.74, 6) is -0.850. The average Bonchev–Trinajstić information content (AvgIpc) is 3.28. The Morgan fingerprint density at radius 3 is 2.43 bits per heavy atom. The quantitative estimate of drug-likeness (QED) is 0.207. The van der Waals surface area contributed by atoms with Crippen LogP contribution in [0.25, 0.3) is 0 Å². The van der Waals surface area contributed by atoms with E-state index in [1.165, 1.54) is 6.08 Å². The molecule has 2 bridgehead atoms. The van der Waals surface area contributed by atoms with Gasteiger partial charge in [-0.05, 0) is 38.2 Å². The molecule has 3 fully saturated rings. The number of carbonyl (C=O) groups is 3. The number of aliphatic carboxylic acids is 1. The minimum Gasteiger partial charge on any atom is -0.481 e. The molecule has 0 aromatic heterocycles. The number of epoxide rings is 1. The Balaban J connectivity index is 1.44. The molecule has 0 aromatic rings. The second-order valence-electron chi connectivity index (χ2n) is 7.47. The van der Waals surface area contributed by atoms with Gasteiger partial charge in [0.1, 0.15) is 12.2 Å². The SMILES string of the molecule is CC=CC(=O)NCC(=O)NC[C@@H]1[C@H](C/C=C\CCCC(=O)O)[C@H]2O[C@@H]1[C@H]1O[C@H]12. The van der Waals surface area contributed by atoms with Gasteiger partial charge in [-0.2, -0.15) is 0 Å². The molecule has 2 amide bonds. The van der Waals surface area contributed by atoms with Crippen molar-refractivity contribution in [3.63, 3.8) is 0 Å². The van der Waals surface area contributed by atoms with Gasteiger partial charge < -0.3 is 25.2 Å². The summed E-state index contributed by atoms with van der Waals surface area (Å²) in [4.78, 5) is 33.9. The normalized spacial score (nSPS) is 32.6. The molecular weight excluding hydrogens is 364 g/mol. The summed E-state index contributed by atoms with van der Waals surface area (Å²) in [5.41, 5.74) is 0. The summed E-state index contributed by atoms with van der Waals surface area (Å²) in [6, 6.07) is 0. The number of carbonyl (C=O) groups excluding carboxylic acids is 2. The van der Waals surface area contributed by atoms with Crippen LogP contribution >= 0.6 is 0 Å². The van der Waals surface area contributed by atoms with Gasteiger partial charge in [0, 0.05) is 18.9 Å². The first-order valence-corrected chi connectivity index (χ1v) is 9.86. The molecule has 0 unspecified atom stereocenters. The molecular formula is C20H28N2O6. The number of carboxylic acid groups (broad SMARTS) is 1. The number of carboxylic acids is 1. The third kappa shape index (κ3) is 4.99. The Morgan fingerprint density at radius 1 is 1.00 bits per heavy atom. The highest BCUT2D eigenvalue weighted by molar-refractivity contribution is 5.91. The van der Waals surface area contributed by atoms with E-state index in [9.17, 15) is 14.4 Å². The molecule has 0 saturated carbocycles. The zero-order valence-corrected chi connectivity index (χ0v) is 16.0. The number of hydrogen-bond donors (Lipinski definition) is 3. The molecule has 6 atom stereocenters. The van der Waals surface area contributed by atoms with Gasteiger partial charge >= 0.3 is 5.97 Å². The van der Waals surface area contributed by atoms with Crippen molar-refractivity contribution in [3.05, 3.63) is 24.3 Å². The molecule has 3 heterocycles. The van der Waals surface area contributed by atoms with E-state index < -0.39 is 5.97 Å². The van der Waals surface area contributed by atoms with Gasteiger partial charge in [0.05, 0.1) is 18.8 Å². The molecule has 8 heteroatoms. The highest BCUT2D eigenvalue weighted by Crippen LogP contribution is 2.54. The van der Waals surface area contributed by atoms with Crippen molar-refractivity contribution in [2.75, 3.05) is 13.1 Å². The van der Waals surface area contributed by atoms with E-state index in [1.807, 2.05) is 6.08 Å². The number of amides is 2. The maximum absolute atomic E-state index is 12.0. The summed E-state index contributed by atoms with van der Waals surface area (Å²) < 4.78 is 11.8. The summed E-state index contributed by atoms with van der Waals surface area (Å²) in [6.45, 7) is 2.17. The fourth-order valence-corrected chi connectivity index (χ4v) is 4.17. The van der Waals surface area contributed by atoms with E-state index in [4.69, 9.17) is 14.6 Å². The molecule has 0 spiro atoms. The molecule has 8 nitrogen and oxygen atoms in total. The van der Waals surface area contributed by atoms with Gasteiger partial charge in [0.2, 0.25) is 11.8 Å². The number of ether oxygens (including phenoxy) is 2. The van der Waals surface area contributed by atoms with Gasteiger partial charge in [-0.15, -0.1) is 0 Å². The third-order valence-corrected chi connectivity index (χ3v) is 5.53. The fraction of sp³-hybridized carbons (Fsp3) is 0.650. The van der Waals surface area contributed by atoms with Crippen molar-refractivity contribution < 1.29 is 29.0 Å². The van der Waals surface area contributed by atoms with Crippen LogP contribution in [0, 0.1) is 11.8 Å². The van der Waals surface area contributed by atoms with E-state index in [0.717, 1.165) is 12.8 Å². The maximum Gasteiger partial charge on any atom is 0.303 e. The first-order valence-electron chi connectivity index (χ1n) is 9.86. The summed E-state index contributed by atoms with van der Waals surface area (Å²) in [5, 5.41) is 14.1. The second-order valence-corrected chi connectivity index (χ2v) is 7.47. The molecule has 3 N–H and O–H groups in total. The number of allylic oxidation sites excluding steroid dienone is 3. The monoisotopic (exact) mass is 392 g/mol. The minimum absolute atomic E-state index is 0.0123. The number of fused-ring (bicyclic) bond motifs is 5. The number of nitrogens with one attached hydrogen (secondary N) is 2. The molecule has 3 saturated heterocycles. The molecule has 3 aliphatic heterocycles. The fourth-order valence-electron chi connectivity index (χ4n) is 4.17. The topological polar surface area (TPSA) is 117 Å². The van der Waals surface area contributed by atoms with Gasteiger partial charge in [-0.1, -0.05) is 18.2 Å². The molecule has 28 heavy (non-hydrogen) atoms. The zero-order chi connectivity index (χ0) is 20.1. The van der Waals surface area contributed by atoms with Crippen LogP contribution in [-0.2, 0) is 23.9 Å². The highest BCUT2D eigenvalue weighted by Gasteiger charge is 2.68. The van der Waals surface area contributed by atoms with Gasteiger partial charge in [0.15, 0.2) is 0 Å². The molecule has 0 aliphatic carbocycles. The summed E-state index contributed by atoms with van der Waals surface area (Å²) in [6.07, 6.45) is 9.87. The zero-order valence-electron chi connectivity index (χ0n) is 16.0. The van der Waals surface area contributed by atoms with Crippen molar-refractivity contribution in [2.45, 2.75) is 57.0 Å². The highest BCUT2D eigenvalue weighted by atomic mass is 16.7. The molecule has 3 rings (SSSR count). The summed E-state index contributed by atoms with van der Waals surface area (Å²) in [7, 11) is 0. The molecule has 0 aromatic carbocycles. The van der Waals surface area contributed by atoms with Crippen molar-refractivity contribution in [3.8, 4) is 0 Å². The van der Waals surface area contributed by atoms with Crippen LogP contribution in [0.1, 0.15) is 32.6 Å². The van der Waals surface area contributed by atoms with Crippen LogP contribution in [0.5, 0.6) is 0 Å². The first-order chi connectivity index (χ1) is 13.5. The standard InChI is InChI=1S/C20H28N2O6/c1-2-7-14(23)22-11-15(24)21-10-13-12(8-5-3-4-6-9-16(25)26)17-19-20(28-19)18(13)27-17/h2-3,5,7,12-13,17-20H,4,6,8-11H2,1H3,(H,21,24)(H,22,23)(H,25,26)/b5-3-,7-2?/t12-,13+,17+,18-,19-,20+/m0/s1. The van der Waals surface area contributed by atoms with Crippen molar-refractivity contribution in [2.24, 2.45) is 11.8 Å². The number of rotatable bonds is 11. The number of hydrogen-bond acceptors (Lipinski definition) is 5. The lowest BCUT2D eigenvalue weighted by molar-refractivity contribution is -0.137. The Bertz CT molecular complexity index is 661. The van der Waals surface area contributed by atoms with E-state index in [-0.39, 0.29) is 61.0 Å². The van der Waals surface area contributed by atoms with Crippen LogP contribution in [0.3, 0.4) is 0 Å². The van der Waals surface area contributed by atoms with Crippen LogP contribution in [0.15, 0.2) is 24.3 Å². The Morgan fingerprint density at radius 2 is 1.71 bits per heavy atom. The minimum atomic E-state index is -0.774. The number of unbranched alkanes of at least 4 members (excludes halogenated alkanes) is 1. The van der Waals surface area contributed by atoms with E-state index in [0.29, 0.717) is 13.0 Å². The maximum atomic E-state index is 12.0. The lowest BCUT2D eigenvalue weighted by atomic mass is 9.77. The predicted octanol–water partition coefficient (Wildman–Crippen LogP) is 0.777. The predicted molar refractivity (Wildman–Crippen MR) is 100 cm³/mol. The van der Waals surface area contributed by atoms with E-state index >= 15 is 0 Å². The summed E-state index contributed by atoms with van der Waals surface area (Å²) >= 11 is 0. The Labute approximate surface area is 164 Å². The molecule has 0 radical (unpaired) electrons. The van der Waals surface area contributed by atoms with E-state index in [2.05, 4.69) is 16.7 Å². The largest absolute Gasteiger partial charge is 0.481 e. The Hall–Kier alpha value is -2.19. The van der Waals surface area contributed by atoms with Crippen molar-refractivity contribution in [1.82, 2.24) is 10.6 Å². The molecule has 154 valence electrons. The van der Waals surface area contributed by atoms with E-state index in [1.54, 1.807) is 13.0 Å². The van der Waals surface area contributed by atoms with Gasteiger partial charge in [-0.25, -0.2) is 0 Å².